The molecule has 1 fully saturated rings. The van der Waals surface area contributed by atoms with Crippen molar-refractivity contribution in [2.75, 3.05) is 26.2 Å². The lowest BCUT2D eigenvalue weighted by atomic mass is 10.1. The molecule has 1 aliphatic rings. The van der Waals surface area contributed by atoms with Crippen molar-refractivity contribution in [3.63, 3.8) is 0 Å². The maximum Gasteiger partial charge on any atom is 0.0192 e. The van der Waals surface area contributed by atoms with E-state index in [1.807, 2.05) is 6.08 Å². The van der Waals surface area contributed by atoms with Crippen molar-refractivity contribution in [1.29, 1.82) is 0 Å². The molecule has 1 atom stereocenters. The third-order valence-electron chi connectivity index (χ3n) is 3.72. The Balaban J connectivity index is 1.92. The second-order valence-corrected chi connectivity index (χ2v) is 5.29. The largest absolute Gasteiger partial charge is 0.315 e. The summed E-state index contributed by atoms with van der Waals surface area (Å²) in [5, 5.41) is 3.59. The van der Waals surface area contributed by atoms with Gasteiger partial charge in [0, 0.05) is 12.6 Å². The Morgan fingerprint density at radius 3 is 2.65 bits per heavy atom. The second kappa shape index (κ2) is 9.67. The first-order valence-corrected chi connectivity index (χ1v) is 7.40. The molecule has 1 saturated heterocycles. The van der Waals surface area contributed by atoms with Gasteiger partial charge in [0.1, 0.15) is 0 Å². The zero-order valence-corrected chi connectivity index (χ0v) is 11.6. The van der Waals surface area contributed by atoms with Crippen molar-refractivity contribution in [3.8, 4) is 0 Å². The molecular weight excluding hydrogens is 208 g/mol. The average Bonchev–Trinajstić information content (AvgIpc) is 2.38. The molecule has 0 spiro atoms. The Labute approximate surface area is 107 Å². The molecule has 2 nitrogen and oxygen atoms in total. The van der Waals surface area contributed by atoms with Gasteiger partial charge in [-0.05, 0) is 58.7 Å². The van der Waals surface area contributed by atoms with Gasteiger partial charge in [0.05, 0.1) is 0 Å². The van der Waals surface area contributed by atoms with Gasteiger partial charge in [-0.1, -0.05) is 18.9 Å². The quantitative estimate of drug-likeness (QED) is 0.490. The minimum Gasteiger partial charge on any atom is -0.315 e. The number of allylic oxidation sites excluding steroid dienone is 1. The Morgan fingerprint density at radius 2 is 1.94 bits per heavy atom. The number of unbranched alkanes of at least 4 members (excludes halogenated alkanes) is 3. The zero-order valence-electron chi connectivity index (χ0n) is 11.6. The summed E-state index contributed by atoms with van der Waals surface area (Å²) in [5.74, 6) is 0. The van der Waals surface area contributed by atoms with E-state index in [4.69, 9.17) is 0 Å². The van der Waals surface area contributed by atoms with Gasteiger partial charge in [0.2, 0.25) is 0 Å². The summed E-state index contributed by atoms with van der Waals surface area (Å²) in [6.45, 7) is 11.1. The molecule has 0 aromatic heterocycles. The van der Waals surface area contributed by atoms with Crippen molar-refractivity contribution in [2.45, 2.75) is 57.9 Å². The van der Waals surface area contributed by atoms with Gasteiger partial charge in [0.15, 0.2) is 0 Å². The van der Waals surface area contributed by atoms with Crippen LogP contribution in [0, 0.1) is 0 Å². The highest BCUT2D eigenvalue weighted by Gasteiger charge is 2.15. The molecule has 0 saturated carbocycles. The van der Waals surface area contributed by atoms with Gasteiger partial charge < -0.3 is 5.32 Å². The van der Waals surface area contributed by atoms with Gasteiger partial charge in [-0.15, -0.1) is 6.58 Å². The number of hydrogen-bond donors (Lipinski definition) is 1. The summed E-state index contributed by atoms with van der Waals surface area (Å²) in [6.07, 6.45) is 11.3. The number of nitrogens with one attached hydrogen (secondary N) is 1. The molecule has 0 radical (unpaired) electrons. The molecule has 1 rings (SSSR count). The molecule has 1 aliphatic heterocycles. The van der Waals surface area contributed by atoms with Crippen LogP contribution in [0.1, 0.15) is 51.9 Å². The summed E-state index contributed by atoms with van der Waals surface area (Å²) < 4.78 is 0. The molecule has 0 aliphatic carbocycles. The van der Waals surface area contributed by atoms with E-state index in [9.17, 15) is 0 Å². The van der Waals surface area contributed by atoms with Crippen LogP contribution in [0.25, 0.3) is 0 Å². The van der Waals surface area contributed by atoms with Crippen LogP contribution in [0.4, 0.5) is 0 Å². The first kappa shape index (κ1) is 14.7. The van der Waals surface area contributed by atoms with Gasteiger partial charge in [-0.2, -0.15) is 0 Å². The highest BCUT2D eigenvalue weighted by molar-refractivity contribution is 4.73. The van der Waals surface area contributed by atoms with E-state index in [0.29, 0.717) is 6.04 Å². The summed E-state index contributed by atoms with van der Waals surface area (Å²) in [7, 11) is 0. The lowest BCUT2D eigenvalue weighted by Crippen LogP contribution is -2.43. The molecule has 0 aromatic carbocycles. The van der Waals surface area contributed by atoms with E-state index < -0.39 is 0 Å². The fraction of sp³-hybridized carbons (Fsp3) is 0.867. The van der Waals surface area contributed by atoms with Crippen LogP contribution in [-0.2, 0) is 0 Å². The Morgan fingerprint density at radius 1 is 1.18 bits per heavy atom. The predicted octanol–water partition coefficient (Wildman–Crippen LogP) is 3.20. The summed E-state index contributed by atoms with van der Waals surface area (Å²) >= 11 is 0. The Kier molecular flexibility index (Phi) is 8.37. The highest BCUT2D eigenvalue weighted by Crippen LogP contribution is 2.11. The van der Waals surface area contributed by atoms with E-state index in [0.717, 1.165) is 6.54 Å². The van der Waals surface area contributed by atoms with Crippen LogP contribution >= 0.6 is 0 Å². The van der Waals surface area contributed by atoms with Gasteiger partial charge in [-0.25, -0.2) is 0 Å². The minimum absolute atomic E-state index is 0.712. The third-order valence-corrected chi connectivity index (χ3v) is 3.72. The molecule has 2 heteroatoms. The number of hydrogen-bond acceptors (Lipinski definition) is 2. The van der Waals surface area contributed by atoms with Crippen LogP contribution in [0.5, 0.6) is 0 Å². The molecule has 0 aromatic rings. The van der Waals surface area contributed by atoms with Crippen LogP contribution in [0.3, 0.4) is 0 Å². The standard InChI is InChI=1S/C15H30N2/c1-3-4-5-6-8-11-16-14-15(2)17-12-9-7-10-13-17/h3,15-16H,1,4-14H2,2H3. The molecule has 17 heavy (non-hydrogen) atoms. The van der Waals surface area contributed by atoms with Crippen LogP contribution in [0.2, 0.25) is 0 Å². The fourth-order valence-electron chi connectivity index (χ4n) is 2.51. The van der Waals surface area contributed by atoms with Crippen molar-refractivity contribution >= 4 is 0 Å². The molecule has 1 N–H and O–H groups in total. The van der Waals surface area contributed by atoms with E-state index in [1.54, 1.807) is 0 Å². The summed E-state index contributed by atoms with van der Waals surface area (Å²) in [6, 6.07) is 0.712. The van der Waals surface area contributed by atoms with Crippen LogP contribution in [0.15, 0.2) is 12.7 Å². The Bertz CT molecular complexity index is 185. The SMILES string of the molecule is C=CCCCCCNCC(C)N1CCCCC1. The molecule has 0 amide bonds. The lowest BCUT2D eigenvalue weighted by molar-refractivity contribution is 0.171. The highest BCUT2D eigenvalue weighted by atomic mass is 15.2. The van der Waals surface area contributed by atoms with Crippen molar-refractivity contribution < 1.29 is 0 Å². The van der Waals surface area contributed by atoms with E-state index in [1.165, 1.54) is 64.6 Å². The third kappa shape index (κ3) is 6.85. The number of rotatable bonds is 9. The minimum atomic E-state index is 0.712. The summed E-state index contributed by atoms with van der Waals surface area (Å²) in [4.78, 5) is 2.63. The van der Waals surface area contributed by atoms with E-state index in [-0.39, 0.29) is 0 Å². The predicted molar refractivity (Wildman–Crippen MR) is 76.4 cm³/mol. The van der Waals surface area contributed by atoms with Gasteiger partial charge in [0.25, 0.3) is 0 Å². The van der Waals surface area contributed by atoms with E-state index >= 15 is 0 Å². The topological polar surface area (TPSA) is 15.3 Å². The maximum atomic E-state index is 3.75. The number of nitrogens with zero attached hydrogens (tertiary/aromatic N) is 1. The van der Waals surface area contributed by atoms with Crippen molar-refractivity contribution in [1.82, 2.24) is 10.2 Å². The molecule has 1 heterocycles. The monoisotopic (exact) mass is 238 g/mol. The van der Waals surface area contributed by atoms with Crippen LogP contribution in [-0.4, -0.2) is 37.1 Å². The molecule has 1 unspecified atom stereocenters. The first-order valence-electron chi connectivity index (χ1n) is 7.40. The molecule has 100 valence electrons. The number of likely N-dealkylation sites (tertiary alicyclic amines) is 1. The Hall–Kier alpha value is -0.340. The van der Waals surface area contributed by atoms with Crippen molar-refractivity contribution in [3.05, 3.63) is 12.7 Å². The maximum absolute atomic E-state index is 3.75. The number of piperidine rings is 1. The van der Waals surface area contributed by atoms with Crippen LogP contribution < -0.4 is 5.32 Å². The molecular formula is C15H30N2. The zero-order chi connectivity index (χ0) is 12.3. The average molecular weight is 238 g/mol. The normalized spacial score (nSPS) is 19.1. The van der Waals surface area contributed by atoms with Gasteiger partial charge in [-0.3, -0.25) is 4.90 Å². The second-order valence-electron chi connectivity index (χ2n) is 5.29. The lowest BCUT2D eigenvalue weighted by Gasteiger charge is -2.32. The fourth-order valence-corrected chi connectivity index (χ4v) is 2.51. The first-order chi connectivity index (χ1) is 8.34. The summed E-state index contributed by atoms with van der Waals surface area (Å²) in [5.41, 5.74) is 0. The molecule has 0 bridgehead atoms. The van der Waals surface area contributed by atoms with Gasteiger partial charge >= 0.3 is 0 Å². The van der Waals surface area contributed by atoms with E-state index in [2.05, 4.69) is 23.7 Å². The van der Waals surface area contributed by atoms with Crippen molar-refractivity contribution in [2.24, 2.45) is 0 Å². The smallest absolute Gasteiger partial charge is 0.0192 e.